The molecule has 140 valence electrons. The molecule has 0 spiro atoms. The Morgan fingerprint density at radius 1 is 1.04 bits per heavy atom. The summed E-state index contributed by atoms with van der Waals surface area (Å²) in [7, 11) is -2.13. The fourth-order valence-corrected chi connectivity index (χ4v) is 4.96. The number of sulfonamides is 1. The first-order valence-corrected chi connectivity index (χ1v) is 10.0. The van der Waals surface area contributed by atoms with Gasteiger partial charge in [-0.2, -0.15) is 4.31 Å². The van der Waals surface area contributed by atoms with Crippen LogP contribution in [0.15, 0.2) is 59.8 Å². The molecule has 1 saturated heterocycles. The number of fused-ring (bicyclic) bond motifs is 1. The third-order valence-corrected chi connectivity index (χ3v) is 6.50. The predicted octanol–water partition coefficient (Wildman–Crippen LogP) is 2.48. The first kappa shape index (κ1) is 17.7. The van der Waals surface area contributed by atoms with Crippen molar-refractivity contribution in [3.8, 4) is 11.8 Å². The van der Waals surface area contributed by atoms with E-state index in [1.54, 1.807) is 12.1 Å². The smallest absolute Gasteiger partial charge is 0.278 e. The van der Waals surface area contributed by atoms with Crippen molar-refractivity contribution in [2.45, 2.75) is 17.4 Å². The van der Waals surface area contributed by atoms with E-state index >= 15 is 0 Å². The maximum atomic E-state index is 13.2. The number of hydrogen-bond donors (Lipinski definition) is 0. The van der Waals surface area contributed by atoms with Crippen molar-refractivity contribution in [2.24, 2.45) is 0 Å². The Balaban J connectivity index is 1.57. The fourth-order valence-electron chi connectivity index (χ4n) is 3.26. The SMILES string of the molecule is COc1nccnc1OC1CCN(S(=O)(=O)c2cccc3ccccc23)C1. The van der Waals surface area contributed by atoms with Gasteiger partial charge in [0, 0.05) is 24.3 Å². The lowest BCUT2D eigenvalue weighted by Gasteiger charge is -2.18. The molecule has 0 radical (unpaired) electrons. The van der Waals surface area contributed by atoms with E-state index in [0.29, 0.717) is 17.9 Å². The van der Waals surface area contributed by atoms with Gasteiger partial charge in [0.05, 0.1) is 18.6 Å². The van der Waals surface area contributed by atoms with E-state index in [4.69, 9.17) is 9.47 Å². The van der Waals surface area contributed by atoms with E-state index in [1.807, 2.05) is 30.3 Å². The van der Waals surface area contributed by atoms with Crippen LogP contribution in [-0.4, -0.2) is 49.0 Å². The topological polar surface area (TPSA) is 81.6 Å². The lowest BCUT2D eigenvalue weighted by Crippen LogP contribution is -2.31. The normalized spacial score (nSPS) is 17.9. The molecular weight excluding hydrogens is 366 g/mol. The van der Waals surface area contributed by atoms with Crippen molar-refractivity contribution in [1.82, 2.24) is 14.3 Å². The Labute approximate surface area is 157 Å². The van der Waals surface area contributed by atoms with Crippen molar-refractivity contribution in [3.63, 3.8) is 0 Å². The van der Waals surface area contributed by atoms with E-state index in [0.717, 1.165) is 10.8 Å². The van der Waals surface area contributed by atoms with Gasteiger partial charge in [-0.15, -0.1) is 0 Å². The number of ether oxygens (including phenoxy) is 2. The van der Waals surface area contributed by atoms with Crippen molar-refractivity contribution in [1.29, 1.82) is 0 Å². The van der Waals surface area contributed by atoms with Crippen LogP contribution in [0.1, 0.15) is 6.42 Å². The summed E-state index contributed by atoms with van der Waals surface area (Å²) in [5.74, 6) is 0.558. The van der Waals surface area contributed by atoms with Crippen LogP contribution < -0.4 is 9.47 Å². The van der Waals surface area contributed by atoms with Gasteiger partial charge in [-0.05, 0) is 17.9 Å². The average Bonchev–Trinajstić information content (AvgIpc) is 3.17. The van der Waals surface area contributed by atoms with E-state index in [1.165, 1.54) is 23.8 Å². The number of aromatic nitrogens is 2. The minimum absolute atomic E-state index is 0.255. The molecular formula is C19H19N3O4S. The van der Waals surface area contributed by atoms with E-state index < -0.39 is 10.0 Å². The van der Waals surface area contributed by atoms with Gasteiger partial charge in [-0.25, -0.2) is 18.4 Å². The van der Waals surface area contributed by atoms with Crippen molar-refractivity contribution in [3.05, 3.63) is 54.9 Å². The Kier molecular flexibility index (Phi) is 4.67. The Bertz CT molecular complexity index is 1070. The summed E-state index contributed by atoms with van der Waals surface area (Å²) in [6, 6.07) is 12.8. The Morgan fingerprint density at radius 2 is 1.78 bits per heavy atom. The summed E-state index contributed by atoms with van der Waals surface area (Å²) in [5.41, 5.74) is 0. The van der Waals surface area contributed by atoms with Crippen molar-refractivity contribution < 1.29 is 17.9 Å². The molecule has 1 unspecified atom stereocenters. The van der Waals surface area contributed by atoms with Gasteiger partial charge in [0.1, 0.15) is 6.10 Å². The molecule has 1 atom stereocenters. The van der Waals surface area contributed by atoms with Crippen LogP contribution in [0.5, 0.6) is 11.8 Å². The van der Waals surface area contributed by atoms with Crippen molar-refractivity contribution >= 4 is 20.8 Å². The monoisotopic (exact) mass is 385 g/mol. The number of rotatable bonds is 5. The Hall–Kier alpha value is -2.71. The second-order valence-corrected chi connectivity index (χ2v) is 8.15. The first-order valence-electron chi connectivity index (χ1n) is 8.59. The molecule has 0 aliphatic carbocycles. The molecule has 0 amide bonds. The molecule has 2 heterocycles. The molecule has 3 aromatic rings. The minimum Gasteiger partial charge on any atom is -0.477 e. The number of hydrogen-bond acceptors (Lipinski definition) is 6. The highest BCUT2D eigenvalue weighted by atomic mass is 32.2. The molecule has 1 aliphatic heterocycles. The number of nitrogens with zero attached hydrogens (tertiary/aromatic N) is 3. The highest BCUT2D eigenvalue weighted by molar-refractivity contribution is 7.89. The quantitative estimate of drug-likeness (QED) is 0.671. The van der Waals surface area contributed by atoms with Crippen LogP contribution in [0.2, 0.25) is 0 Å². The molecule has 0 N–H and O–H groups in total. The van der Waals surface area contributed by atoms with Gasteiger partial charge in [-0.3, -0.25) is 0 Å². The van der Waals surface area contributed by atoms with Gasteiger partial charge in [0.25, 0.3) is 11.8 Å². The van der Waals surface area contributed by atoms with Crippen LogP contribution in [-0.2, 0) is 10.0 Å². The summed E-state index contributed by atoms with van der Waals surface area (Å²) in [6.07, 6.45) is 3.29. The molecule has 4 rings (SSSR count). The van der Waals surface area contributed by atoms with Gasteiger partial charge >= 0.3 is 0 Å². The van der Waals surface area contributed by atoms with Gasteiger partial charge in [0.15, 0.2) is 0 Å². The predicted molar refractivity (Wildman–Crippen MR) is 100 cm³/mol. The summed E-state index contributed by atoms with van der Waals surface area (Å²) >= 11 is 0. The fraction of sp³-hybridized carbons (Fsp3) is 0.263. The Morgan fingerprint density at radius 3 is 2.59 bits per heavy atom. The first-order chi connectivity index (χ1) is 13.1. The summed E-state index contributed by atoms with van der Waals surface area (Å²) < 4.78 is 38.8. The van der Waals surface area contributed by atoms with E-state index in [-0.39, 0.29) is 24.4 Å². The lowest BCUT2D eigenvalue weighted by atomic mass is 10.1. The molecule has 1 fully saturated rings. The largest absolute Gasteiger partial charge is 0.477 e. The van der Waals surface area contributed by atoms with Gasteiger partial charge in [0.2, 0.25) is 10.0 Å². The van der Waals surface area contributed by atoms with Crippen LogP contribution >= 0.6 is 0 Å². The van der Waals surface area contributed by atoms with Gasteiger partial charge in [-0.1, -0.05) is 36.4 Å². The zero-order chi connectivity index (χ0) is 18.9. The zero-order valence-electron chi connectivity index (χ0n) is 14.8. The molecule has 0 saturated carbocycles. The highest BCUT2D eigenvalue weighted by Crippen LogP contribution is 2.30. The standard InChI is InChI=1S/C19H19N3O4S/c1-25-18-19(21-11-10-20-18)26-15-9-12-22(13-15)27(23,24)17-8-4-6-14-5-2-3-7-16(14)17/h2-8,10-11,15H,9,12-13H2,1H3. The number of methoxy groups -OCH3 is 1. The molecule has 27 heavy (non-hydrogen) atoms. The summed E-state index contributed by atoms with van der Waals surface area (Å²) in [5, 5.41) is 1.62. The van der Waals surface area contributed by atoms with Crippen LogP contribution in [0.25, 0.3) is 10.8 Å². The molecule has 0 bridgehead atoms. The van der Waals surface area contributed by atoms with Gasteiger partial charge < -0.3 is 9.47 Å². The van der Waals surface area contributed by atoms with Crippen LogP contribution in [0, 0.1) is 0 Å². The maximum absolute atomic E-state index is 13.2. The maximum Gasteiger partial charge on any atom is 0.278 e. The molecule has 1 aliphatic rings. The van der Waals surface area contributed by atoms with E-state index in [9.17, 15) is 8.42 Å². The van der Waals surface area contributed by atoms with Crippen LogP contribution in [0.3, 0.4) is 0 Å². The molecule has 2 aromatic carbocycles. The summed E-state index contributed by atoms with van der Waals surface area (Å²) in [4.78, 5) is 8.49. The zero-order valence-corrected chi connectivity index (χ0v) is 15.6. The highest BCUT2D eigenvalue weighted by Gasteiger charge is 2.35. The third kappa shape index (κ3) is 3.33. The molecule has 1 aromatic heterocycles. The average molecular weight is 385 g/mol. The third-order valence-electron chi connectivity index (χ3n) is 4.58. The summed E-state index contributed by atoms with van der Waals surface area (Å²) in [6.45, 7) is 0.643. The molecule has 8 heteroatoms. The van der Waals surface area contributed by atoms with E-state index in [2.05, 4.69) is 9.97 Å². The second kappa shape index (κ2) is 7.13. The number of benzene rings is 2. The lowest BCUT2D eigenvalue weighted by molar-refractivity contribution is 0.194. The molecule has 7 nitrogen and oxygen atoms in total. The second-order valence-electron chi connectivity index (χ2n) is 6.24. The van der Waals surface area contributed by atoms with Crippen molar-refractivity contribution in [2.75, 3.05) is 20.2 Å². The minimum atomic E-state index is -3.62. The van der Waals surface area contributed by atoms with Crippen LogP contribution in [0.4, 0.5) is 0 Å².